The van der Waals surface area contributed by atoms with E-state index in [2.05, 4.69) is 92.0 Å². The molecule has 0 heterocycles. The molecular weight excluding hydrogens is 1160 g/mol. The molecule has 232 valence electrons. The van der Waals surface area contributed by atoms with E-state index in [1.54, 1.807) is 45.2 Å². The van der Waals surface area contributed by atoms with Gasteiger partial charge in [-0.2, -0.15) is 0 Å². The summed E-state index contributed by atoms with van der Waals surface area (Å²) >= 11 is 10.1. The van der Waals surface area contributed by atoms with E-state index < -0.39 is 22.1 Å². The van der Waals surface area contributed by atoms with Crippen LogP contribution in [-0.2, 0) is 19.6 Å². The molecule has 0 radical (unpaired) electrons. The predicted octanol–water partition coefficient (Wildman–Crippen LogP) is 8.15. The molecule has 2 bridgehead atoms. The van der Waals surface area contributed by atoms with Crippen LogP contribution in [0, 0.1) is 29.7 Å². The minimum absolute atomic E-state index is 0.0539. The quantitative estimate of drug-likeness (QED) is 0.0796. The molecule has 0 spiro atoms. The van der Waals surface area contributed by atoms with Gasteiger partial charge in [-0.25, -0.2) is 18.0 Å². The number of benzene rings is 4. The Balaban J connectivity index is 1.34. The molecule has 3 aliphatic rings. The lowest BCUT2D eigenvalue weighted by molar-refractivity contribution is 0.0116. The van der Waals surface area contributed by atoms with Gasteiger partial charge in [-0.05, 0) is 159 Å². The third-order valence-corrected chi connectivity index (χ3v) is 15.3. The number of carbonyl (C=O) groups excluding carboxylic acids is 2. The number of fused-ring (bicyclic) bond motifs is 1. The highest BCUT2D eigenvalue weighted by Gasteiger charge is 2.50. The molecule has 2 atom stereocenters. The van der Waals surface area contributed by atoms with Crippen molar-refractivity contribution in [2.75, 3.05) is 13.2 Å². The molecule has 0 amide bonds. The highest BCUT2D eigenvalue weighted by molar-refractivity contribution is 14.1. The minimum atomic E-state index is -4.71. The Hall–Kier alpha value is -0.620. The maximum Gasteiger partial charge on any atom is 0.339 e. The van der Waals surface area contributed by atoms with Crippen molar-refractivity contribution >= 4 is 135 Å². The van der Waals surface area contributed by atoms with E-state index in [0.717, 1.165) is 10.7 Å². The molecule has 2 unspecified atom stereocenters. The Morgan fingerprint density at radius 1 is 0.667 bits per heavy atom. The van der Waals surface area contributed by atoms with Crippen LogP contribution in [0.1, 0.15) is 54.8 Å². The van der Waals surface area contributed by atoms with Crippen molar-refractivity contribution in [2.45, 2.75) is 16.7 Å². The van der Waals surface area contributed by atoms with Gasteiger partial charge in [0.15, 0.2) is 0 Å². The van der Waals surface area contributed by atoms with Crippen LogP contribution in [0.3, 0.4) is 0 Å². The first-order valence-corrected chi connectivity index (χ1v) is 20.3. The summed E-state index contributed by atoms with van der Waals surface area (Å²) in [4.78, 5) is 26.5. The lowest BCUT2D eigenvalue weighted by Crippen LogP contribution is -2.44. The van der Waals surface area contributed by atoms with Gasteiger partial charge in [0.2, 0.25) is 0 Å². The molecule has 0 fully saturated rings. The first-order valence-electron chi connectivity index (χ1n) is 13.5. The fourth-order valence-corrected chi connectivity index (χ4v) is 12.8. The first-order chi connectivity index (χ1) is 21.4. The van der Waals surface area contributed by atoms with Crippen LogP contribution in [0.5, 0.6) is 0 Å². The standard InChI is InChI=1S/C32H21I5O7S/c33-16-11-21(29(37)24(34)12-16)32(39)44-14-23-22(13-43-31(38)15-9-25(35)30(26(36)10-15)45(40,41)42)27-17-5-1-3-7-19(17)28(23)20-8-4-2-6-18(20)27/h1-12,22-23,27-28H,13-14H2,(H,40,41,42)/p-1. The summed E-state index contributed by atoms with van der Waals surface area (Å²) in [7, 11) is -4.71. The Labute approximate surface area is 328 Å². The second kappa shape index (κ2) is 13.7. The van der Waals surface area contributed by atoms with Crippen LogP contribution >= 0.6 is 113 Å². The summed E-state index contributed by atoms with van der Waals surface area (Å²) in [6, 6.07) is 23.1. The van der Waals surface area contributed by atoms with E-state index >= 15 is 0 Å². The van der Waals surface area contributed by atoms with Crippen molar-refractivity contribution in [3.8, 4) is 0 Å². The highest BCUT2D eigenvalue weighted by Crippen LogP contribution is 2.58. The van der Waals surface area contributed by atoms with Crippen molar-refractivity contribution in [2.24, 2.45) is 11.8 Å². The fraction of sp³-hybridized carbons (Fsp3) is 0.188. The van der Waals surface area contributed by atoms with Crippen LogP contribution in [0.4, 0.5) is 0 Å². The van der Waals surface area contributed by atoms with Crippen molar-refractivity contribution in [3.63, 3.8) is 0 Å². The predicted molar refractivity (Wildman–Crippen MR) is 209 cm³/mol. The number of esters is 2. The smallest absolute Gasteiger partial charge is 0.339 e. The number of carbonyl (C=O) groups is 2. The Morgan fingerprint density at radius 3 is 1.56 bits per heavy atom. The summed E-state index contributed by atoms with van der Waals surface area (Å²) in [5.74, 6) is -1.56. The first kappa shape index (κ1) is 34.3. The zero-order valence-electron chi connectivity index (χ0n) is 22.8. The van der Waals surface area contributed by atoms with Gasteiger partial charge in [0.25, 0.3) is 0 Å². The maximum absolute atomic E-state index is 13.4. The van der Waals surface area contributed by atoms with Crippen LogP contribution in [0.2, 0.25) is 0 Å². The van der Waals surface area contributed by atoms with E-state index in [0.29, 0.717) is 5.56 Å². The van der Waals surface area contributed by atoms with Gasteiger partial charge >= 0.3 is 11.9 Å². The lowest BCUT2D eigenvalue weighted by Gasteiger charge is -2.50. The molecule has 3 aliphatic carbocycles. The molecule has 13 heteroatoms. The number of hydrogen-bond donors (Lipinski definition) is 0. The maximum atomic E-state index is 13.4. The van der Waals surface area contributed by atoms with E-state index in [1.807, 2.05) is 36.4 Å². The van der Waals surface area contributed by atoms with Crippen LogP contribution in [0.25, 0.3) is 0 Å². The average Bonchev–Trinajstić information content (AvgIpc) is 2.99. The van der Waals surface area contributed by atoms with Gasteiger partial charge in [-0.15, -0.1) is 0 Å². The normalized spacial score (nSPS) is 19.9. The molecular formula is C32H20I5O7S-. The van der Waals surface area contributed by atoms with Crippen LogP contribution in [-0.4, -0.2) is 38.1 Å². The van der Waals surface area contributed by atoms with Crippen molar-refractivity contribution < 1.29 is 32.0 Å². The molecule has 4 aromatic rings. The average molecular weight is 1180 g/mol. The minimum Gasteiger partial charge on any atom is -0.744 e. The molecule has 7 nitrogen and oxygen atoms in total. The Kier molecular flexibility index (Phi) is 10.4. The van der Waals surface area contributed by atoms with E-state index in [1.165, 1.54) is 34.4 Å². The molecule has 0 saturated carbocycles. The fourth-order valence-electron chi connectivity index (χ4n) is 6.47. The Morgan fingerprint density at radius 2 is 1.11 bits per heavy atom. The third-order valence-electron chi connectivity index (χ3n) is 8.25. The van der Waals surface area contributed by atoms with E-state index in [9.17, 15) is 22.6 Å². The van der Waals surface area contributed by atoms with Crippen molar-refractivity contribution in [3.05, 3.63) is 124 Å². The molecule has 0 saturated heterocycles. The number of halogens is 5. The van der Waals surface area contributed by atoms with E-state index in [-0.39, 0.29) is 54.5 Å². The molecule has 0 aromatic heterocycles. The summed E-state index contributed by atoms with van der Waals surface area (Å²) in [6.07, 6.45) is 0. The molecule has 4 aromatic carbocycles. The topological polar surface area (TPSA) is 110 Å². The van der Waals surface area contributed by atoms with Gasteiger partial charge < -0.3 is 14.0 Å². The summed E-state index contributed by atoms with van der Waals surface area (Å²) in [6.45, 7) is 0.188. The van der Waals surface area contributed by atoms with Crippen molar-refractivity contribution in [1.29, 1.82) is 0 Å². The largest absolute Gasteiger partial charge is 0.744 e. The summed E-state index contributed by atoms with van der Waals surface area (Å²) in [5.41, 5.74) is 5.37. The van der Waals surface area contributed by atoms with Crippen LogP contribution in [0.15, 0.2) is 77.7 Å². The molecule has 0 N–H and O–H groups in total. The van der Waals surface area contributed by atoms with E-state index in [4.69, 9.17) is 9.47 Å². The number of rotatable bonds is 7. The molecule has 45 heavy (non-hydrogen) atoms. The van der Waals surface area contributed by atoms with Gasteiger partial charge in [-0.3, -0.25) is 0 Å². The zero-order chi connectivity index (χ0) is 32.2. The zero-order valence-corrected chi connectivity index (χ0v) is 34.4. The summed E-state index contributed by atoms with van der Waals surface area (Å²) < 4.78 is 50.3. The molecule has 7 rings (SSSR count). The second-order valence-corrected chi connectivity index (χ2v) is 17.8. The van der Waals surface area contributed by atoms with Crippen LogP contribution < -0.4 is 0 Å². The molecule has 0 aliphatic heterocycles. The highest BCUT2D eigenvalue weighted by atomic mass is 127. The second-order valence-electron chi connectivity index (χ2n) is 10.7. The lowest BCUT2D eigenvalue weighted by atomic mass is 9.54. The van der Waals surface area contributed by atoms with Crippen molar-refractivity contribution in [1.82, 2.24) is 0 Å². The third kappa shape index (κ3) is 6.69. The van der Waals surface area contributed by atoms with Gasteiger partial charge in [0.05, 0.1) is 29.2 Å². The Bertz CT molecular complexity index is 1910. The number of ether oxygens (including phenoxy) is 2. The SMILES string of the molecule is O=C(OCC1C2c3ccccc3C(c3ccccc32)C1COC(=O)c1cc(I)cc(I)c1I)c1cc(I)c(S(=O)(=O)[O-])c(I)c1. The van der Waals surface area contributed by atoms with Gasteiger partial charge in [0.1, 0.15) is 10.1 Å². The van der Waals surface area contributed by atoms with Gasteiger partial charge in [-0.1, -0.05) is 48.5 Å². The summed E-state index contributed by atoms with van der Waals surface area (Å²) in [5, 5.41) is 0. The monoisotopic (exact) mass is 1180 g/mol. The van der Waals surface area contributed by atoms with Gasteiger partial charge in [0, 0.05) is 41.5 Å². The number of hydrogen-bond acceptors (Lipinski definition) is 7.